The Hall–Kier alpha value is -3.71. The molecule has 0 fully saturated rings. The van der Waals surface area contributed by atoms with Gasteiger partial charge in [0.1, 0.15) is 19.0 Å². The van der Waals surface area contributed by atoms with E-state index in [9.17, 15) is 9.59 Å². The second-order valence-electron chi connectivity index (χ2n) is 8.42. The second kappa shape index (κ2) is 13.9. The normalized spacial score (nSPS) is 15.6. The van der Waals surface area contributed by atoms with Crippen molar-refractivity contribution in [3.8, 4) is 11.5 Å². The van der Waals surface area contributed by atoms with E-state index in [1.165, 1.54) is 0 Å². The molecule has 0 amide bonds. The van der Waals surface area contributed by atoms with Gasteiger partial charge >= 0.3 is 11.9 Å². The molecule has 2 heterocycles. The molecule has 0 spiro atoms. The number of hydrogen-bond acceptors (Lipinski definition) is 10. The molecule has 4 rings (SSSR count). The molecule has 2 aromatic carbocycles. The van der Waals surface area contributed by atoms with Crippen molar-refractivity contribution in [2.75, 3.05) is 40.6 Å². The fourth-order valence-corrected chi connectivity index (χ4v) is 3.90. The first-order chi connectivity index (χ1) is 18.7. The number of aliphatic imine (C=N–C) groups is 2. The molecule has 3 N–H and O–H groups in total. The molecule has 2 atom stereocenters. The fourth-order valence-electron chi connectivity index (χ4n) is 3.73. The summed E-state index contributed by atoms with van der Waals surface area (Å²) in [4.78, 5) is 31.0. The summed E-state index contributed by atoms with van der Waals surface area (Å²) in [7, 11) is 3.27. The van der Waals surface area contributed by atoms with E-state index in [0.29, 0.717) is 42.9 Å². The second-order valence-corrected chi connectivity index (χ2v) is 8.85. The van der Waals surface area contributed by atoms with E-state index in [4.69, 9.17) is 50.9 Å². The Balaban J connectivity index is 0.000000403. The first-order valence-electron chi connectivity index (χ1n) is 11.9. The summed E-state index contributed by atoms with van der Waals surface area (Å²) >= 11 is 6.21. The minimum absolute atomic E-state index is 0.0807. The van der Waals surface area contributed by atoms with Crippen LogP contribution in [0.4, 0.5) is 11.4 Å². The Morgan fingerprint density at radius 2 is 1.64 bits per heavy atom. The number of hydrogen-bond donors (Lipinski definition) is 3. The van der Waals surface area contributed by atoms with Crippen LogP contribution < -0.4 is 9.47 Å². The number of aliphatic hydroxyl groups is 1. The molecule has 13 heteroatoms. The Morgan fingerprint density at radius 3 is 2.21 bits per heavy atom. The fraction of sp³-hybridized carbons (Fsp3) is 0.385. The molecule has 2 unspecified atom stereocenters. The maximum Gasteiger partial charge on any atom is 0.333 e. The molecule has 12 nitrogen and oxygen atoms in total. The van der Waals surface area contributed by atoms with Gasteiger partial charge in [-0.05, 0) is 25.1 Å². The summed E-state index contributed by atoms with van der Waals surface area (Å²) < 4.78 is 22.0. The van der Waals surface area contributed by atoms with Gasteiger partial charge in [-0.3, -0.25) is 4.79 Å². The number of carbonyl (C=O) groups is 2. The molecule has 0 bridgehead atoms. The van der Waals surface area contributed by atoms with Crippen LogP contribution in [0.15, 0.2) is 40.3 Å². The van der Waals surface area contributed by atoms with Gasteiger partial charge in [-0.1, -0.05) is 17.7 Å². The Bertz CT molecular complexity index is 1250. The quantitative estimate of drug-likeness (QED) is 0.346. The molecule has 210 valence electrons. The number of nitrogens with zero attached hydrogens (tertiary/aromatic N) is 3. The van der Waals surface area contributed by atoms with Crippen molar-refractivity contribution in [2.24, 2.45) is 9.98 Å². The van der Waals surface area contributed by atoms with Crippen LogP contribution in [-0.2, 0) is 19.1 Å². The van der Waals surface area contributed by atoms with E-state index in [1.807, 2.05) is 36.7 Å². The summed E-state index contributed by atoms with van der Waals surface area (Å²) in [5.74, 6) is -0.809. The lowest BCUT2D eigenvalue weighted by Crippen LogP contribution is -2.37. The number of fused-ring (bicyclic) bond motifs is 4. The lowest BCUT2D eigenvalue weighted by molar-refractivity contribution is -0.152. The van der Waals surface area contributed by atoms with Crippen LogP contribution in [0.1, 0.15) is 30.5 Å². The van der Waals surface area contributed by atoms with Crippen molar-refractivity contribution >= 4 is 47.1 Å². The monoisotopic (exact) mass is 563 g/mol. The number of amidine groups is 1. The largest absolute Gasteiger partial charge is 0.487 e. The lowest BCUT2D eigenvalue weighted by Gasteiger charge is -2.36. The molecule has 0 aromatic heterocycles. The standard InChI is InChI=1S/C22H24ClN3O4.C4H6O5/c1-14-16-5-4-15(23)10-19(16)25-22-17-11-20(29-8-6-27-2)21(30-9-7-28-3)12-18(17)24-13-26(14)22;5-2(4(8)9)1-3(6)7/h4-5,10-14H,6-9H2,1-3H3;2,5H,1H2,(H,6,7)(H,8,9). The van der Waals surface area contributed by atoms with Crippen molar-refractivity contribution in [1.29, 1.82) is 0 Å². The number of carboxylic acids is 2. The van der Waals surface area contributed by atoms with Gasteiger partial charge in [0.05, 0.1) is 43.4 Å². The molecule has 39 heavy (non-hydrogen) atoms. The van der Waals surface area contributed by atoms with E-state index in [2.05, 4.69) is 16.8 Å². The number of aliphatic carboxylic acids is 2. The molecule has 2 aromatic rings. The Kier molecular flexibility index (Phi) is 10.6. The smallest absolute Gasteiger partial charge is 0.333 e. The number of rotatable bonds is 11. The van der Waals surface area contributed by atoms with Crippen LogP contribution in [0.5, 0.6) is 11.5 Å². The zero-order valence-corrected chi connectivity index (χ0v) is 22.4. The Labute approximate surface area is 230 Å². The summed E-state index contributed by atoms with van der Waals surface area (Å²) in [6.45, 7) is 3.90. The predicted molar refractivity (Wildman–Crippen MR) is 143 cm³/mol. The van der Waals surface area contributed by atoms with E-state index in [1.54, 1.807) is 14.2 Å². The summed E-state index contributed by atoms with van der Waals surface area (Å²) in [6, 6.07) is 9.67. The van der Waals surface area contributed by atoms with Gasteiger partial charge in [0.15, 0.2) is 17.6 Å². The third kappa shape index (κ3) is 7.67. The summed E-state index contributed by atoms with van der Waals surface area (Å²) in [5, 5.41) is 24.8. The highest BCUT2D eigenvalue weighted by atomic mass is 35.5. The van der Waals surface area contributed by atoms with Crippen LogP contribution in [0.2, 0.25) is 5.02 Å². The van der Waals surface area contributed by atoms with Crippen molar-refractivity contribution in [3.05, 3.63) is 46.5 Å². The van der Waals surface area contributed by atoms with E-state index in [0.717, 1.165) is 28.3 Å². The third-order valence-electron chi connectivity index (χ3n) is 5.70. The molecule has 0 radical (unpaired) electrons. The summed E-state index contributed by atoms with van der Waals surface area (Å²) in [6.07, 6.45) is -0.731. The highest BCUT2D eigenvalue weighted by Crippen LogP contribution is 2.43. The number of methoxy groups -OCH3 is 2. The van der Waals surface area contributed by atoms with Crippen LogP contribution in [-0.4, -0.2) is 91.1 Å². The zero-order chi connectivity index (χ0) is 28.5. The Morgan fingerprint density at radius 1 is 1.00 bits per heavy atom. The van der Waals surface area contributed by atoms with Gasteiger partial charge in [0.2, 0.25) is 0 Å². The van der Waals surface area contributed by atoms with Crippen LogP contribution in [0.25, 0.3) is 0 Å². The first kappa shape index (κ1) is 29.8. The minimum atomic E-state index is -1.79. The molecular weight excluding hydrogens is 534 g/mol. The maximum absolute atomic E-state index is 9.72. The number of aliphatic hydroxyl groups excluding tert-OH is 1. The third-order valence-corrected chi connectivity index (χ3v) is 5.93. The van der Waals surface area contributed by atoms with Gasteiger partial charge in [-0.2, -0.15) is 0 Å². The van der Waals surface area contributed by atoms with Crippen molar-refractivity contribution in [3.63, 3.8) is 0 Å². The topological polar surface area (TPSA) is 160 Å². The zero-order valence-electron chi connectivity index (χ0n) is 21.7. The average Bonchev–Trinajstić information content (AvgIpc) is 2.89. The van der Waals surface area contributed by atoms with Crippen LogP contribution >= 0.6 is 11.6 Å². The average molecular weight is 564 g/mol. The predicted octanol–water partition coefficient (Wildman–Crippen LogP) is 3.43. The van der Waals surface area contributed by atoms with Gasteiger partial charge in [-0.25, -0.2) is 14.8 Å². The van der Waals surface area contributed by atoms with Crippen molar-refractivity contribution in [2.45, 2.75) is 25.5 Å². The van der Waals surface area contributed by atoms with E-state index >= 15 is 0 Å². The number of carboxylic acid groups (broad SMARTS) is 2. The molecule has 2 aliphatic rings. The molecule has 2 aliphatic heterocycles. The van der Waals surface area contributed by atoms with Crippen LogP contribution in [0.3, 0.4) is 0 Å². The highest BCUT2D eigenvalue weighted by molar-refractivity contribution is 6.31. The SMILES string of the molecule is COCCOc1cc2c(cc1OCCOC)C1=Nc3cc(Cl)ccc3C(C)N1C=N2.O=C(O)CC(O)C(=O)O. The number of halogens is 1. The first-order valence-corrected chi connectivity index (χ1v) is 12.3. The molecular formula is C26H30ClN3O9. The van der Waals surface area contributed by atoms with Gasteiger partial charge in [-0.15, -0.1) is 0 Å². The number of ether oxygens (including phenoxy) is 4. The van der Waals surface area contributed by atoms with Crippen molar-refractivity contribution in [1.82, 2.24) is 4.90 Å². The molecule has 0 aliphatic carbocycles. The van der Waals surface area contributed by atoms with Gasteiger partial charge < -0.3 is 39.2 Å². The van der Waals surface area contributed by atoms with Crippen molar-refractivity contribution < 1.29 is 43.9 Å². The molecule has 0 saturated heterocycles. The van der Waals surface area contributed by atoms with Gasteiger partial charge in [0, 0.05) is 36.4 Å². The number of benzene rings is 2. The summed E-state index contributed by atoms with van der Waals surface area (Å²) in [5.41, 5.74) is 3.62. The highest BCUT2D eigenvalue weighted by Gasteiger charge is 2.31. The van der Waals surface area contributed by atoms with Gasteiger partial charge in [0.25, 0.3) is 0 Å². The van der Waals surface area contributed by atoms with E-state index in [-0.39, 0.29) is 6.04 Å². The maximum atomic E-state index is 9.72. The minimum Gasteiger partial charge on any atom is -0.487 e. The van der Waals surface area contributed by atoms with Crippen LogP contribution in [0, 0.1) is 0 Å². The lowest BCUT2D eigenvalue weighted by atomic mass is 9.99. The molecule has 0 saturated carbocycles. The van der Waals surface area contributed by atoms with E-state index < -0.39 is 24.5 Å².